The first-order chi connectivity index (χ1) is 12.6. The second-order valence-electron chi connectivity index (χ2n) is 5.21. The minimum absolute atomic E-state index is 0.213. The molecule has 0 atom stereocenters. The van der Waals surface area contributed by atoms with Gasteiger partial charge < -0.3 is 9.83 Å². The molecule has 0 bridgehead atoms. The number of thiazole rings is 2. The molecule has 0 aliphatic carbocycles. The summed E-state index contributed by atoms with van der Waals surface area (Å²) in [5, 5.41) is 13.2. The molecule has 130 valence electrons. The molecule has 0 unspecified atom stereocenters. The van der Waals surface area contributed by atoms with Crippen LogP contribution >= 0.6 is 34.6 Å². The number of hydrogen-bond acceptors (Lipinski definition) is 7. The Balaban J connectivity index is 1.48. The fourth-order valence-corrected chi connectivity index (χ4v) is 4.68. The molecule has 9 heteroatoms. The summed E-state index contributed by atoms with van der Waals surface area (Å²) >= 11 is 4.24. The summed E-state index contributed by atoms with van der Waals surface area (Å²) in [6.07, 6.45) is 0. The first kappa shape index (κ1) is 17.0. The minimum atomic E-state index is -0.973. The van der Waals surface area contributed by atoms with Crippen molar-refractivity contribution in [3.05, 3.63) is 59.2 Å². The van der Waals surface area contributed by atoms with Gasteiger partial charge in [-0.15, -0.1) is 11.3 Å². The lowest BCUT2D eigenvalue weighted by molar-refractivity contribution is 0.0697. The van der Waals surface area contributed by atoms with E-state index in [9.17, 15) is 9.18 Å². The summed E-state index contributed by atoms with van der Waals surface area (Å²) in [6, 6.07) is 11.1. The lowest BCUT2D eigenvalue weighted by Gasteiger charge is -1.97. The lowest BCUT2D eigenvalue weighted by Crippen LogP contribution is -1.94. The summed E-state index contributed by atoms with van der Waals surface area (Å²) < 4.78 is 17.0. The number of nitrogens with zero attached hydrogens (tertiary/aromatic N) is 2. The van der Waals surface area contributed by atoms with Crippen molar-refractivity contribution in [1.29, 1.82) is 0 Å². The van der Waals surface area contributed by atoms with E-state index in [1.165, 1.54) is 46.8 Å². The SMILES string of the molecule is O=C(O)c1ccc2sc(NSc3csc(-c4ccc(F)cc4)n3)nc2c1. The number of benzene rings is 2. The van der Waals surface area contributed by atoms with E-state index in [1.807, 2.05) is 5.38 Å². The Hall–Kier alpha value is -2.49. The maximum absolute atomic E-state index is 13.0. The van der Waals surface area contributed by atoms with E-state index in [-0.39, 0.29) is 11.4 Å². The van der Waals surface area contributed by atoms with Crippen LogP contribution in [0.3, 0.4) is 0 Å². The maximum Gasteiger partial charge on any atom is 0.335 e. The molecular formula is C17H10FN3O2S3. The Morgan fingerprint density at radius 2 is 1.96 bits per heavy atom. The van der Waals surface area contributed by atoms with Gasteiger partial charge in [0.2, 0.25) is 0 Å². The number of nitrogens with one attached hydrogen (secondary N) is 1. The molecule has 0 amide bonds. The summed E-state index contributed by atoms with van der Waals surface area (Å²) in [5.41, 5.74) is 1.72. The lowest BCUT2D eigenvalue weighted by atomic mass is 10.2. The van der Waals surface area contributed by atoms with Crippen LogP contribution in [0.25, 0.3) is 20.8 Å². The average Bonchev–Trinajstić information content (AvgIpc) is 3.26. The number of aromatic carboxylic acids is 1. The number of fused-ring (bicyclic) bond motifs is 1. The second kappa shape index (κ2) is 7.02. The molecule has 0 aliphatic heterocycles. The highest BCUT2D eigenvalue weighted by atomic mass is 32.2. The van der Waals surface area contributed by atoms with Crippen LogP contribution in [0, 0.1) is 5.82 Å². The van der Waals surface area contributed by atoms with Crippen molar-refractivity contribution in [2.45, 2.75) is 5.03 Å². The topological polar surface area (TPSA) is 75.1 Å². The van der Waals surface area contributed by atoms with Crippen molar-refractivity contribution < 1.29 is 14.3 Å². The number of hydrogen-bond donors (Lipinski definition) is 2. The van der Waals surface area contributed by atoms with Crippen LogP contribution in [-0.4, -0.2) is 21.0 Å². The van der Waals surface area contributed by atoms with E-state index in [2.05, 4.69) is 14.7 Å². The van der Waals surface area contributed by atoms with Crippen LogP contribution in [0.1, 0.15) is 10.4 Å². The molecule has 26 heavy (non-hydrogen) atoms. The van der Waals surface area contributed by atoms with Crippen LogP contribution in [0.15, 0.2) is 52.9 Å². The van der Waals surface area contributed by atoms with E-state index in [0.29, 0.717) is 10.6 Å². The van der Waals surface area contributed by atoms with Gasteiger partial charge in [-0.1, -0.05) is 11.3 Å². The molecule has 2 aromatic heterocycles. The van der Waals surface area contributed by atoms with Crippen LogP contribution in [0.2, 0.25) is 0 Å². The molecule has 0 aliphatic rings. The van der Waals surface area contributed by atoms with Gasteiger partial charge in [-0.2, -0.15) is 0 Å². The Morgan fingerprint density at radius 1 is 1.15 bits per heavy atom. The van der Waals surface area contributed by atoms with Crippen molar-refractivity contribution in [1.82, 2.24) is 9.97 Å². The minimum Gasteiger partial charge on any atom is -0.478 e. The number of carboxylic acids is 1. The first-order valence-electron chi connectivity index (χ1n) is 7.37. The zero-order chi connectivity index (χ0) is 18.1. The summed E-state index contributed by atoms with van der Waals surface area (Å²) in [6.45, 7) is 0. The smallest absolute Gasteiger partial charge is 0.335 e. The standard InChI is InChI=1S/C17H10FN3O2S3/c18-11-4-1-9(2-5-11)15-20-14(8-24-15)26-21-17-19-12-7-10(16(22)23)3-6-13(12)25-17/h1-8H,(H,19,21)(H,22,23). The van der Waals surface area contributed by atoms with Crippen molar-refractivity contribution in [3.8, 4) is 10.6 Å². The first-order valence-corrected chi connectivity index (χ1v) is 9.88. The van der Waals surface area contributed by atoms with E-state index in [1.54, 1.807) is 30.3 Å². The van der Waals surface area contributed by atoms with Gasteiger partial charge in [-0.25, -0.2) is 19.2 Å². The third kappa shape index (κ3) is 3.55. The molecule has 2 heterocycles. The van der Waals surface area contributed by atoms with Gasteiger partial charge in [0.25, 0.3) is 0 Å². The summed E-state index contributed by atoms with van der Waals surface area (Å²) in [4.78, 5) is 19.9. The van der Waals surface area contributed by atoms with E-state index < -0.39 is 5.97 Å². The Labute approximate surface area is 159 Å². The predicted octanol–water partition coefficient (Wildman–Crippen LogP) is 5.38. The highest BCUT2D eigenvalue weighted by molar-refractivity contribution is 8.00. The molecular weight excluding hydrogens is 393 g/mol. The molecule has 4 rings (SSSR count). The molecule has 2 N–H and O–H groups in total. The van der Waals surface area contributed by atoms with Crippen molar-refractivity contribution in [2.24, 2.45) is 0 Å². The summed E-state index contributed by atoms with van der Waals surface area (Å²) in [7, 11) is 0. The van der Waals surface area contributed by atoms with E-state index >= 15 is 0 Å². The average molecular weight is 403 g/mol. The molecule has 0 radical (unpaired) electrons. The Bertz CT molecular complexity index is 1090. The molecule has 0 saturated heterocycles. The van der Waals surface area contributed by atoms with Crippen LogP contribution in [-0.2, 0) is 0 Å². The Kier molecular flexibility index (Phi) is 4.58. The van der Waals surface area contributed by atoms with Gasteiger partial charge >= 0.3 is 5.97 Å². The van der Waals surface area contributed by atoms with Crippen LogP contribution < -0.4 is 4.72 Å². The maximum atomic E-state index is 13.0. The fourth-order valence-electron chi connectivity index (χ4n) is 2.23. The number of carboxylic acid groups (broad SMARTS) is 1. The van der Waals surface area contributed by atoms with Gasteiger partial charge in [-0.05, 0) is 42.5 Å². The predicted molar refractivity (Wildman–Crippen MR) is 104 cm³/mol. The summed E-state index contributed by atoms with van der Waals surface area (Å²) in [5.74, 6) is -1.25. The Morgan fingerprint density at radius 3 is 2.73 bits per heavy atom. The highest BCUT2D eigenvalue weighted by Crippen LogP contribution is 2.32. The largest absolute Gasteiger partial charge is 0.478 e. The number of aromatic nitrogens is 2. The van der Waals surface area contributed by atoms with Crippen LogP contribution in [0.4, 0.5) is 9.52 Å². The third-order valence-electron chi connectivity index (χ3n) is 3.45. The molecule has 5 nitrogen and oxygen atoms in total. The molecule has 0 fully saturated rings. The molecule has 0 spiro atoms. The second-order valence-corrected chi connectivity index (χ2v) is 7.92. The fraction of sp³-hybridized carbons (Fsp3) is 0. The zero-order valence-electron chi connectivity index (χ0n) is 13.0. The molecule has 2 aromatic carbocycles. The normalized spacial score (nSPS) is 11.0. The van der Waals surface area contributed by atoms with Crippen LogP contribution in [0.5, 0.6) is 0 Å². The zero-order valence-corrected chi connectivity index (χ0v) is 15.4. The van der Waals surface area contributed by atoms with Crippen molar-refractivity contribution >= 4 is 55.9 Å². The van der Waals surface area contributed by atoms with Crippen molar-refractivity contribution in [3.63, 3.8) is 0 Å². The number of anilines is 1. The third-order valence-corrected chi connectivity index (χ3v) is 6.29. The van der Waals surface area contributed by atoms with E-state index in [0.717, 1.165) is 20.3 Å². The monoisotopic (exact) mass is 403 g/mol. The highest BCUT2D eigenvalue weighted by Gasteiger charge is 2.10. The van der Waals surface area contributed by atoms with E-state index in [4.69, 9.17) is 5.11 Å². The van der Waals surface area contributed by atoms with Gasteiger partial charge in [0.15, 0.2) is 5.13 Å². The van der Waals surface area contributed by atoms with Gasteiger partial charge in [-0.3, -0.25) is 0 Å². The number of carbonyl (C=O) groups is 1. The van der Waals surface area contributed by atoms with Gasteiger partial charge in [0, 0.05) is 22.9 Å². The molecule has 4 aromatic rings. The number of halogens is 1. The molecule has 0 saturated carbocycles. The van der Waals surface area contributed by atoms with Crippen molar-refractivity contribution in [2.75, 3.05) is 4.72 Å². The quantitative estimate of drug-likeness (QED) is 0.436. The van der Waals surface area contributed by atoms with Gasteiger partial charge in [0.1, 0.15) is 15.9 Å². The van der Waals surface area contributed by atoms with Gasteiger partial charge in [0.05, 0.1) is 15.8 Å². The number of rotatable bonds is 5.